The van der Waals surface area contributed by atoms with Crippen LogP contribution in [0, 0.1) is 0 Å². The molecule has 6 nitrogen and oxygen atoms in total. The summed E-state index contributed by atoms with van der Waals surface area (Å²) in [5, 5.41) is 23.3. The van der Waals surface area contributed by atoms with E-state index in [2.05, 4.69) is 43.5 Å². The van der Waals surface area contributed by atoms with Gasteiger partial charge in [0.25, 0.3) is 0 Å². The van der Waals surface area contributed by atoms with Crippen molar-refractivity contribution in [3.8, 4) is 0 Å². The standard InChI is InChI=1S/C75H143NO5/c1-3-5-7-9-11-13-15-16-17-18-19-20-32-35-38-41-44-48-51-55-59-63-67-73(78)72(71-77)76-74(79)68-64-60-56-52-49-45-42-39-36-33-30-28-26-24-22-21-23-25-27-29-31-34-37-40-43-46-50-54-58-62-66-70-81-75(80)69-65-61-57-53-47-14-12-10-8-6-4-2/h23,25,29,31,63,67,72-73,77-78H,3-22,24,26-28,30,32-62,64-66,68-71H2,1-2H3,(H,76,79)/b25-23-,31-29-,67-63+. The quantitative estimate of drug-likeness (QED) is 0.0320. The Morgan fingerprint density at radius 2 is 0.617 bits per heavy atom. The SMILES string of the molecule is CCCCCCCCCCCCCCCCCCCCCC/C=C/C(O)C(CO)NC(=O)CCCCCCCCCCCCCCCCC/C=C\C/C=C\CCCCCCCCCCCOC(=O)CCCCCCCCCCCCC. The maximum Gasteiger partial charge on any atom is 0.305 e. The lowest BCUT2D eigenvalue weighted by molar-refractivity contribution is -0.143. The summed E-state index contributed by atoms with van der Waals surface area (Å²) in [4.78, 5) is 24.5. The average Bonchev–Trinajstić information content (AvgIpc) is 3.47. The first-order valence-corrected chi connectivity index (χ1v) is 36.8. The van der Waals surface area contributed by atoms with Crippen LogP contribution in [-0.4, -0.2) is 47.4 Å². The molecule has 0 aliphatic carbocycles. The molecule has 1 amide bonds. The first-order valence-electron chi connectivity index (χ1n) is 36.8. The Kier molecular flexibility index (Phi) is 68.9. The van der Waals surface area contributed by atoms with Crippen molar-refractivity contribution in [2.45, 2.75) is 418 Å². The molecule has 0 rings (SSSR count). The van der Waals surface area contributed by atoms with Gasteiger partial charge in [0.1, 0.15) is 0 Å². The van der Waals surface area contributed by atoms with E-state index in [1.54, 1.807) is 6.08 Å². The molecular weight excluding hydrogens is 995 g/mol. The smallest absolute Gasteiger partial charge is 0.305 e. The predicted molar refractivity (Wildman–Crippen MR) is 356 cm³/mol. The number of unbranched alkanes of at least 4 members (excludes halogenated alkanes) is 54. The molecule has 0 heterocycles. The van der Waals surface area contributed by atoms with Gasteiger partial charge in [0.2, 0.25) is 5.91 Å². The van der Waals surface area contributed by atoms with Crippen LogP contribution in [0.5, 0.6) is 0 Å². The Morgan fingerprint density at radius 3 is 0.938 bits per heavy atom. The number of nitrogens with one attached hydrogen (secondary N) is 1. The van der Waals surface area contributed by atoms with E-state index < -0.39 is 12.1 Å². The largest absolute Gasteiger partial charge is 0.466 e. The zero-order valence-electron chi connectivity index (χ0n) is 54.8. The molecular formula is C75H143NO5. The number of hydrogen-bond donors (Lipinski definition) is 3. The third-order valence-electron chi connectivity index (χ3n) is 17.2. The summed E-state index contributed by atoms with van der Waals surface area (Å²) in [5.41, 5.74) is 0. The molecule has 0 radical (unpaired) electrons. The van der Waals surface area contributed by atoms with E-state index in [0.29, 0.717) is 19.4 Å². The van der Waals surface area contributed by atoms with Gasteiger partial charge in [0.15, 0.2) is 0 Å². The Hall–Kier alpha value is -1.92. The van der Waals surface area contributed by atoms with Gasteiger partial charge in [-0.3, -0.25) is 9.59 Å². The summed E-state index contributed by atoms with van der Waals surface area (Å²) in [6.07, 6.45) is 91.0. The van der Waals surface area contributed by atoms with Crippen LogP contribution < -0.4 is 5.32 Å². The highest BCUT2D eigenvalue weighted by atomic mass is 16.5. The maximum atomic E-state index is 12.5. The van der Waals surface area contributed by atoms with Gasteiger partial charge >= 0.3 is 5.97 Å². The van der Waals surface area contributed by atoms with Crippen LogP contribution in [0.25, 0.3) is 0 Å². The normalized spacial score (nSPS) is 12.7. The van der Waals surface area contributed by atoms with Crippen molar-refractivity contribution in [3.63, 3.8) is 0 Å². The molecule has 0 aromatic carbocycles. The van der Waals surface area contributed by atoms with Gasteiger partial charge < -0.3 is 20.3 Å². The van der Waals surface area contributed by atoms with E-state index >= 15 is 0 Å². The molecule has 0 fully saturated rings. The third-order valence-corrected chi connectivity index (χ3v) is 17.2. The minimum Gasteiger partial charge on any atom is -0.466 e. The van der Waals surface area contributed by atoms with Gasteiger partial charge in [-0.2, -0.15) is 0 Å². The number of ether oxygens (including phenoxy) is 1. The summed E-state index contributed by atoms with van der Waals surface area (Å²) < 4.78 is 5.47. The molecule has 0 aliphatic rings. The van der Waals surface area contributed by atoms with Gasteiger partial charge in [-0.1, -0.05) is 365 Å². The maximum absolute atomic E-state index is 12.5. The molecule has 2 atom stereocenters. The molecule has 0 saturated heterocycles. The van der Waals surface area contributed by atoms with Gasteiger partial charge in [-0.25, -0.2) is 0 Å². The lowest BCUT2D eigenvalue weighted by Crippen LogP contribution is -2.45. The molecule has 6 heteroatoms. The van der Waals surface area contributed by atoms with Crippen LogP contribution >= 0.6 is 0 Å². The van der Waals surface area contributed by atoms with E-state index in [1.165, 1.54) is 334 Å². The summed E-state index contributed by atoms with van der Waals surface area (Å²) in [5.74, 6) is -0.0502. The van der Waals surface area contributed by atoms with E-state index in [0.717, 1.165) is 44.9 Å². The van der Waals surface area contributed by atoms with Gasteiger partial charge in [0, 0.05) is 12.8 Å². The number of aliphatic hydroxyl groups is 2. The van der Waals surface area contributed by atoms with Crippen LogP contribution in [-0.2, 0) is 14.3 Å². The van der Waals surface area contributed by atoms with Crippen LogP contribution in [0.2, 0.25) is 0 Å². The Bertz CT molecular complexity index is 1310. The fraction of sp³-hybridized carbons (Fsp3) is 0.893. The highest BCUT2D eigenvalue weighted by molar-refractivity contribution is 5.76. The fourth-order valence-corrected chi connectivity index (χ4v) is 11.6. The molecule has 0 bridgehead atoms. The van der Waals surface area contributed by atoms with Crippen molar-refractivity contribution in [1.29, 1.82) is 0 Å². The lowest BCUT2D eigenvalue weighted by Gasteiger charge is -2.20. The first-order chi connectivity index (χ1) is 40.0. The molecule has 0 aromatic heterocycles. The molecule has 478 valence electrons. The summed E-state index contributed by atoms with van der Waals surface area (Å²) >= 11 is 0. The van der Waals surface area contributed by atoms with Gasteiger partial charge in [0.05, 0.1) is 25.4 Å². The van der Waals surface area contributed by atoms with Crippen molar-refractivity contribution in [2.24, 2.45) is 0 Å². The highest BCUT2D eigenvalue weighted by Gasteiger charge is 2.18. The molecule has 0 saturated carbocycles. The van der Waals surface area contributed by atoms with Crippen LogP contribution in [0.4, 0.5) is 0 Å². The number of rotatable bonds is 69. The number of carbonyl (C=O) groups excluding carboxylic acids is 2. The zero-order chi connectivity index (χ0) is 58.5. The fourth-order valence-electron chi connectivity index (χ4n) is 11.6. The second-order valence-corrected chi connectivity index (χ2v) is 25.3. The Labute approximate surface area is 506 Å². The van der Waals surface area contributed by atoms with Gasteiger partial charge in [-0.05, 0) is 64.2 Å². The van der Waals surface area contributed by atoms with Crippen LogP contribution in [0.15, 0.2) is 36.5 Å². The molecule has 0 spiro atoms. The first kappa shape index (κ1) is 79.1. The second kappa shape index (κ2) is 70.6. The van der Waals surface area contributed by atoms with Crippen molar-refractivity contribution < 1.29 is 24.5 Å². The van der Waals surface area contributed by atoms with Crippen LogP contribution in [0.3, 0.4) is 0 Å². The monoisotopic (exact) mass is 1140 g/mol. The van der Waals surface area contributed by atoms with Crippen LogP contribution in [0.1, 0.15) is 406 Å². The number of esters is 1. The summed E-state index contributed by atoms with van der Waals surface area (Å²) in [6.45, 7) is 4.93. The summed E-state index contributed by atoms with van der Waals surface area (Å²) in [6, 6.07) is -0.629. The van der Waals surface area contributed by atoms with Crippen molar-refractivity contribution in [3.05, 3.63) is 36.5 Å². The molecule has 2 unspecified atom stereocenters. The van der Waals surface area contributed by atoms with Gasteiger partial charge in [-0.15, -0.1) is 0 Å². The predicted octanol–water partition coefficient (Wildman–Crippen LogP) is 23.9. The minimum atomic E-state index is -0.845. The van der Waals surface area contributed by atoms with E-state index in [-0.39, 0.29) is 18.5 Å². The number of hydrogen-bond acceptors (Lipinski definition) is 5. The minimum absolute atomic E-state index is 0.0130. The van der Waals surface area contributed by atoms with Crippen molar-refractivity contribution in [1.82, 2.24) is 5.32 Å². The third kappa shape index (κ3) is 67.1. The van der Waals surface area contributed by atoms with E-state index in [9.17, 15) is 19.8 Å². The molecule has 0 aliphatic heterocycles. The Morgan fingerprint density at radius 1 is 0.346 bits per heavy atom. The van der Waals surface area contributed by atoms with E-state index in [1.807, 2.05) is 6.08 Å². The molecule has 3 N–H and O–H groups in total. The zero-order valence-corrected chi connectivity index (χ0v) is 54.8. The Balaban J connectivity index is 3.42. The number of allylic oxidation sites excluding steroid dienone is 5. The number of amides is 1. The topological polar surface area (TPSA) is 95.9 Å². The molecule has 0 aromatic rings. The summed E-state index contributed by atoms with van der Waals surface area (Å²) in [7, 11) is 0. The van der Waals surface area contributed by atoms with Crippen molar-refractivity contribution >= 4 is 11.9 Å². The van der Waals surface area contributed by atoms with E-state index in [4.69, 9.17) is 4.74 Å². The number of carbonyl (C=O) groups is 2. The highest BCUT2D eigenvalue weighted by Crippen LogP contribution is 2.19. The van der Waals surface area contributed by atoms with Crippen molar-refractivity contribution in [2.75, 3.05) is 13.2 Å². The second-order valence-electron chi connectivity index (χ2n) is 25.3. The lowest BCUT2D eigenvalue weighted by atomic mass is 10.0. The average molecular weight is 1140 g/mol. The number of aliphatic hydroxyl groups excluding tert-OH is 2. The molecule has 81 heavy (non-hydrogen) atoms.